The van der Waals surface area contributed by atoms with Gasteiger partial charge in [0.15, 0.2) is 0 Å². The summed E-state index contributed by atoms with van der Waals surface area (Å²) in [7, 11) is -4.17. The van der Waals surface area contributed by atoms with Gasteiger partial charge in [0.25, 0.3) is 0 Å². The molecule has 0 unspecified atom stereocenters. The Labute approximate surface area is 69.8 Å². The zero-order chi connectivity index (χ0) is 5.91. The predicted octanol–water partition coefficient (Wildman–Crippen LogP) is -0.533. The van der Waals surface area contributed by atoms with Crippen molar-refractivity contribution in [1.82, 2.24) is 0 Å². The molecule has 6 heteroatoms. The summed E-state index contributed by atoms with van der Waals surface area (Å²) in [6.45, 7) is 1.56. The van der Waals surface area contributed by atoms with Gasteiger partial charge in [0, 0.05) is 0 Å². The first-order valence-electron chi connectivity index (χ1n) is 1.76. The Hall–Kier alpha value is 1.11. The van der Waals surface area contributed by atoms with Gasteiger partial charge in [-0.2, -0.15) is 0 Å². The third-order valence-corrected chi connectivity index (χ3v) is 0.892. The number of phosphoric acid groups is 1. The topological polar surface area (TPSA) is 66.8 Å². The standard InChI is InChI=1S/C2H7O4P.Na.H/c1-2-6-7(3,4)5;;/h2H2,1H3,(H2,3,4,5);;. The number of hydrogen-bond acceptors (Lipinski definition) is 2. The van der Waals surface area contributed by atoms with Crippen molar-refractivity contribution in [3.63, 3.8) is 0 Å². The second-order valence-corrected chi connectivity index (χ2v) is 2.15. The Morgan fingerprint density at radius 3 is 2.00 bits per heavy atom. The van der Waals surface area contributed by atoms with Gasteiger partial charge in [-0.05, 0) is 6.92 Å². The van der Waals surface area contributed by atoms with Crippen LogP contribution < -0.4 is 0 Å². The third kappa shape index (κ3) is 10.2. The van der Waals surface area contributed by atoms with Gasteiger partial charge in [0.1, 0.15) is 0 Å². The molecule has 0 saturated heterocycles. The van der Waals surface area contributed by atoms with Crippen LogP contribution in [0.5, 0.6) is 0 Å². The summed E-state index contributed by atoms with van der Waals surface area (Å²) in [4.78, 5) is 15.8. The Balaban J connectivity index is 0. The van der Waals surface area contributed by atoms with Gasteiger partial charge in [-0.1, -0.05) is 0 Å². The number of phosphoric ester groups is 1. The van der Waals surface area contributed by atoms with E-state index in [1.807, 2.05) is 0 Å². The van der Waals surface area contributed by atoms with Crippen molar-refractivity contribution in [2.75, 3.05) is 6.61 Å². The minimum atomic E-state index is -4.17. The minimum absolute atomic E-state index is 0. The molecule has 0 aliphatic heterocycles. The second-order valence-electron chi connectivity index (χ2n) is 0.908. The molecule has 0 atom stereocenters. The van der Waals surface area contributed by atoms with E-state index in [1.54, 1.807) is 0 Å². The van der Waals surface area contributed by atoms with Crippen LogP contribution in [0.25, 0.3) is 0 Å². The summed E-state index contributed by atoms with van der Waals surface area (Å²) in [5, 5.41) is 0. The van der Waals surface area contributed by atoms with Gasteiger partial charge in [-0.15, -0.1) is 0 Å². The van der Waals surface area contributed by atoms with Crippen LogP contribution in [0.4, 0.5) is 0 Å². The molecule has 2 N–H and O–H groups in total. The molecule has 0 radical (unpaired) electrons. The quantitative estimate of drug-likeness (QED) is 0.410. The molecule has 8 heavy (non-hydrogen) atoms. The van der Waals surface area contributed by atoms with Gasteiger partial charge in [-0.25, -0.2) is 4.57 Å². The molecule has 0 heterocycles. The first-order chi connectivity index (χ1) is 3.06. The zero-order valence-corrected chi connectivity index (χ0v) is 4.76. The molecule has 0 aromatic rings. The van der Waals surface area contributed by atoms with Gasteiger partial charge in [0.05, 0.1) is 6.61 Å². The average Bonchev–Trinajstić information content (AvgIpc) is 1.30. The first kappa shape index (κ1) is 11.9. The molecule has 46 valence electrons. The van der Waals surface area contributed by atoms with Crippen LogP contribution >= 0.6 is 7.82 Å². The van der Waals surface area contributed by atoms with Crippen LogP contribution in [0.3, 0.4) is 0 Å². The molecule has 0 rings (SSSR count). The van der Waals surface area contributed by atoms with E-state index in [2.05, 4.69) is 4.52 Å². The van der Waals surface area contributed by atoms with Crippen molar-refractivity contribution >= 4 is 37.4 Å². The van der Waals surface area contributed by atoms with Gasteiger partial charge in [-0.3, -0.25) is 4.52 Å². The maximum absolute atomic E-state index is 9.70. The van der Waals surface area contributed by atoms with E-state index < -0.39 is 7.82 Å². The summed E-state index contributed by atoms with van der Waals surface area (Å²) in [6, 6.07) is 0. The van der Waals surface area contributed by atoms with Crippen LogP contribution in [-0.2, 0) is 9.09 Å². The van der Waals surface area contributed by atoms with E-state index in [4.69, 9.17) is 9.79 Å². The van der Waals surface area contributed by atoms with Crippen molar-refractivity contribution in [3.05, 3.63) is 0 Å². The molecule has 0 aromatic heterocycles. The Bertz CT molecular complexity index is 88.0. The summed E-state index contributed by atoms with van der Waals surface area (Å²) >= 11 is 0. The SMILES string of the molecule is CCOP(=O)(O)O.[NaH]. The number of rotatable bonds is 2. The van der Waals surface area contributed by atoms with Crippen molar-refractivity contribution in [2.45, 2.75) is 6.92 Å². The Morgan fingerprint density at radius 2 is 2.00 bits per heavy atom. The van der Waals surface area contributed by atoms with Crippen molar-refractivity contribution in [1.29, 1.82) is 0 Å². The Kier molecular flexibility index (Phi) is 7.32. The molecule has 4 nitrogen and oxygen atoms in total. The molecule has 0 aliphatic carbocycles. The molecule has 0 aromatic carbocycles. The predicted molar refractivity (Wildman–Crippen MR) is 30.8 cm³/mol. The fourth-order valence-corrected chi connectivity index (χ4v) is 0.505. The van der Waals surface area contributed by atoms with E-state index in [1.165, 1.54) is 6.92 Å². The summed E-state index contributed by atoms with van der Waals surface area (Å²) in [6.07, 6.45) is 0. The molecule has 0 fully saturated rings. The van der Waals surface area contributed by atoms with Crippen LogP contribution in [-0.4, -0.2) is 46.0 Å². The number of hydrogen-bond donors (Lipinski definition) is 2. The molecule has 0 amide bonds. The first-order valence-corrected chi connectivity index (χ1v) is 3.29. The normalized spacial score (nSPS) is 10.4. The van der Waals surface area contributed by atoms with E-state index in [0.717, 1.165) is 0 Å². The van der Waals surface area contributed by atoms with Crippen molar-refractivity contribution < 1.29 is 18.9 Å². The van der Waals surface area contributed by atoms with E-state index >= 15 is 0 Å². The molecular weight excluding hydrogens is 142 g/mol. The third-order valence-electron chi connectivity index (χ3n) is 0.297. The van der Waals surface area contributed by atoms with Crippen LogP contribution in [0, 0.1) is 0 Å². The van der Waals surface area contributed by atoms with Crippen LogP contribution in [0.1, 0.15) is 6.92 Å². The van der Waals surface area contributed by atoms with Crippen molar-refractivity contribution in [2.24, 2.45) is 0 Å². The second kappa shape index (κ2) is 4.94. The van der Waals surface area contributed by atoms with Crippen molar-refractivity contribution in [3.8, 4) is 0 Å². The van der Waals surface area contributed by atoms with Crippen LogP contribution in [0.2, 0.25) is 0 Å². The summed E-state index contributed by atoms with van der Waals surface area (Å²) in [5.41, 5.74) is 0. The summed E-state index contributed by atoms with van der Waals surface area (Å²) in [5.74, 6) is 0. The van der Waals surface area contributed by atoms with E-state index in [-0.39, 0.29) is 36.2 Å². The molecule has 0 aliphatic rings. The van der Waals surface area contributed by atoms with E-state index in [9.17, 15) is 4.57 Å². The van der Waals surface area contributed by atoms with Gasteiger partial charge >= 0.3 is 37.4 Å². The molecule has 0 bridgehead atoms. The molecular formula is C2H8NaO4P. The fraction of sp³-hybridized carbons (Fsp3) is 1.00. The van der Waals surface area contributed by atoms with E-state index in [0.29, 0.717) is 0 Å². The van der Waals surface area contributed by atoms with Gasteiger partial charge in [0.2, 0.25) is 0 Å². The van der Waals surface area contributed by atoms with Crippen LogP contribution in [0.15, 0.2) is 0 Å². The monoisotopic (exact) mass is 150 g/mol. The zero-order valence-electron chi connectivity index (χ0n) is 3.87. The summed E-state index contributed by atoms with van der Waals surface area (Å²) < 4.78 is 13.6. The molecule has 0 saturated carbocycles. The molecule has 0 spiro atoms. The average molecular weight is 150 g/mol. The van der Waals surface area contributed by atoms with Gasteiger partial charge < -0.3 is 9.79 Å². The maximum atomic E-state index is 9.70. The fourth-order valence-electron chi connectivity index (χ4n) is 0.168. The Morgan fingerprint density at radius 1 is 1.62 bits per heavy atom.